The predicted molar refractivity (Wildman–Crippen MR) is 101 cm³/mol. The van der Waals surface area contributed by atoms with Gasteiger partial charge in [-0.25, -0.2) is 9.67 Å². The van der Waals surface area contributed by atoms with E-state index in [1.807, 2.05) is 50.2 Å². The number of benzene rings is 2. The summed E-state index contributed by atoms with van der Waals surface area (Å²) in [5.41, 5.74) is 3.56. The summed E-state index contributed by atoms with van der Waals surface area (Å²) >= 11 is 6.25. The fourth-order valence-electron chi connectivity index (χ4n) is 2.54. The molecule has 3 rings (SSSR count). The molecule has 1 aromatic heterocycles. The summed E-state index contributed by atoms with van der Waals surface area (Å²) in [7, 11) is 0. The van der Waals surface area contributed by atoms with Crippen molar-refractivity contribution in [3.63, 3.8) is 0 Å². The van der Waals surface area contributed by atoms with Gasteiger partial charge >= 0.3 is 0 Å². The molecule has 7 heteroatoms. The van der Waals surface area contributed by atoms with Crippen molar-refractivity contribution in [2.24, 2.45) is 0 Å². The van der Waals surface area contributed by atoms with E-state index in [1.165, 1.54) is 0 Å². The topological polar surface area (TPSA) is 80.0 Å². The highest BCUT2D eigenvalue weighted by atomic mass is 35.5. The molecule has 2 N–H and O–H groups in total. The maximum absolute atomic E-state index is 12.3. The molecule has 0 unspecified atom stereocenters. The molecule has 0 radical (unpaired) electrons. The first-order valence-corrected chi connectivity index (χ1v) is 8.57. The van der Waals surface area contributed by atoms with E-state index in [-0.39, 0.29) is 19.0 Å². The Balaban J connectivity index is 2.14. The van der Waals surface area contributed by atoms with Crippen LogP contribution in [0, 0.1) is 13.8 Å². The zero-order valence-corrected chi connectivity index (χ0v) is 15.3. The molecule has 1 amide bonds. The van der Waals surface area contributed by atoms with Crippen LogP contribution in [0.1, 0.15) is 21.7 Å². The number of carbonyl (C=O) groups is 1. The zero-order chi connectivity index (χ0) is 18.7. The number of aliphatic hydroxyl groups excluding tert-OH is 1. The second-order valence-corrected chi connectivity index (χ2v) is 6.31. The Morgan fingerprint density at radius 1 is 1.19 bits per heavy atom. The van der Waals surface area contributed by atoms with Crippen LogP contribution < -0.4 is 5.32 Å². The summed E-state index contributed by atoms with van der Waals surface area (Å²) in [6.07, 6.45) is 0. The van der Waals surface area contributed by atoms with Crippen molar-refractivity contribution in [3.05, 3.63) is 64.4 Å². The Labute approximate surface area is 156 Å². The van der Waals surface area contributed by atoms with Crippen LogP contribution in [0.15, 0.2) is 42.5 Å². The SMILES string of the molecule is Cc1ccc(-c2nc(C(=O)NCCO)nn2-c2cccc(Cl)c2C)cc1. The van der Waals surface area contributed by atoms with Crippen LogP contribution >= 0.6 is 11.6 Å². The van der Waals surface area contributed by atoms with Gasteiger partial charge < -0.3 is 10.4 Å². The van der Waals surface area contributed by atoms with Gasteiger partial charge in [-0.3, -0.25) is 4.79 Å². The van der Waals surface area contributed by atoms with Gasteiger partial charge in [0.05, 0.1) is 12.3 Å². The summed E-state index contributed by atoms with van der Waals surface area (Å²) in [6.45, 7) is 3.89. The van der Waals surface area contributed by atoms with Crippen molar-refractivity contribution in [1.29, 1.82) is 0 Å². The molecule has 0 saturated carbocycles. The van der Waals surface area contributed by atoms with Gasteiger partial charge in [-0.15, -0.1) is 5.10 Å². The number of nitrogens with zero attached hydrogens (tertiary/aromatic N) is 3. The quantitative estimate of drug-likeness (QED) is 0.723. The second-order valence-electron chi connectivity index (χ2n) is 5.90. The molecular formula is C19H19ClN4O2. The molecule has 0 aliphatic carbocycles. The first kappa shape index (κ1) is 18.1. The zero-order valence-electron chi connectivity index (χ0n) is 14.5. The molecule has 0 spiro atoms. The first-order valence-electron chi connectivity index (χ1n) is 8.20. The molecule has 0 aliphatic rings. The Morgan fingerprint density at radius 3 is 2.62 bits per heavy atom. The third-order valence-electron chi connectivity index (χ3n) is 3.98. The standard InChI is InChI=1S/C19H19ClN4O2/c1-12-6-8-14(9-7-12)18-22-17(19(26)21-10-11-25)23-24(18)16-5-3-4-15(20)13(16)2/h3-9,25H,10-11H2,1-2H3,(H,21,26). The van der Waals surface area contributed by atoms with Gasteiger partial charge in [-0.1, -0.05) is 47.5 Å². The van der Waals surface area contributed by atoms with Crippen LogP contribution in [-0.4, -0.2) is 38.9 Å². The number of carbonyl (C=O) groups excluding carboxylic acids is 1. The van der Waals surface area contributed by atoms with Crippen LogP contribution in [0.25, 0.3) is 17.1 Å². The molecule has 0 saturated heterocycles. The number of aryl methyl sites for hydroxylation is 1. The van der Waals surface area contributed by atoms with E-state index in [0.717, 1.165) is 22.4 Å². The molecule has 0 atom stereocenters. The number of hydrogen-bond donors (Lipinski definition) is 2. The number of aliphatic hydroxyl groups is 1. The molecular weight excluding hydrogens is 352 g/mol. The van der Waals surface area contributed by atoms with E-state index in [2.05, 4.69) is 15.4 Å². The lowest BCUT2D eigenvalue weighted by Crippen LogP contribution is -2.27. The highest BCUT2D eigenvalue weighted by Crippen LogP contribution is 2.27. The Bertz CT molecular complexity index is 935. The summed E-state index contributed by atoms with van der Waals surface area (Å²) in [4.78, 5) is 16.7. The summed E-state index contributed by atoms with van der Waals surface area (Å²) in [6, 6.07) is 13.3. The van der Waals surface area contributed by atoms with E-state index in [9.17, 15) is 4.79 Å². The van der Waals surface area contributed by atoms with E-state index in [0.29, 0.717) is 10.8 Å². The van der Waals surface area contributed by atoms with Crippen LogP contribution in [0.2, 0.25) is 5.02 Å². The molecule has 0 fully saturated rings. The maximum Gasteiger partial charge on any atom is 0.291 e. The highest BCUT2D eigenvalue weighted by Gasteiger charge is 2.19. The van der Waals surface area contributed by atoms with Gasteiger partial charge in [0.15, 0.2) is 5.82 Å². The lowest BCUT2D eigenvalue weighted by atomic mass is 10.1. The lowest BCUT2D eigenvalue weighted by Gasteiger charge is -2.10. The molecule has 0 bridgehead atoms. The van der Waals surface area contributed by atoms with Gasteiger partial charge in [0, 0.05) is 17.1 Å². The number of amides is 1. The van der Waals surface area contributed by atoms with Crippen molar-refractivity contribution in [2.75, 3.05) is 13.2 Å². The summed E-state index contributed by atoms with van der Waals surface area (Å²) in [5.74, 6) is 0.142. The average Bonchev–Trinajstić information content (AvgIpc) is 3.08. The lowest BCUT2D eigenvalue weighted by molar-refractivity contribution is 0.0934. The van der Waals surface area contributed by atoms with Crippen LogP contribution in [0.5, 0.6) is 0 Å². The number of aromatic nitrogens is 3. The minimum Gasteiger partial charge on any atom is -0.395 e. The van der Waals surface area contributed by atoms with Crippen molar-refractivity contribution in [1.82, 2.24) is 20.1 Å². The Kier molecular flexibility index (Phi) is 5.35. The van der Waals surface area contributed by atoms with E-state index in [1.54, 1.807) is 10.7 Å². The molecule has 3 aromatic rings. The minimum atomic E-state index is -0.439. The van der Waals surface area contributed by atoms with Crippen molar-refractivity contribution in [3.8, 4) is 17.1 Å². The largest absolute Gasteiger partial charge is 0.395 e. The molecule has 1 heterocycles. The number of hydrogen-bond acceptors (Lipinski definition) is 4. The number of halogens is 1. The summed E-state index contributed by atoms with van der Waals surface area (Å²) in [5, 5.41) is 16.5. The molecule has 134 valence electrons. The fourth-order valence-corrected chi connectivity index (χ4v) is 2.71. The van der Waals surface area contributed by atoms with Gasteiger partial charge in [0.2, 0.25) is 5.82 Å². The third-order valence-corrected chi connectivity index (χ3v) is 4.39. The first-order chi connectivity index (χ1) is 12.5. The van der Waals surface area contributed by atoms with Crippen molar-refractivity contribution in [2.45, 2.75) is 13.8 Å². The number of nitrogens with one attached hydrogen (secondary N) is 1. The van der Waals surface area contributed by atoms with Crippen molar-refractivity contribution < 1.29 is 9.90 Å². The molecule has 6 nitrogen and oxygen atoms in total. The predicted octanol–water partition coefficient (Wildman–Crippen LogP) is 2.93. The number of rotatable bonds is 5. The Morgan fingerprint density at radius 2 is 1.92 bits per heavy atom. The molecule has 2 aromatic carbocycles. The average molecular weight is 371 g/mol. The molecule has 0 aliphatic heterocycles. The minimum absolute atomic E-state index is 0.0356. The smallest absolute Gasteiger partial charge is 0.291 e. The maximum atomic E-state index is 12.3. The van der Waals surface area contributed by atoms with E-state index >= 15 is 0 Å². The Hall–Kier alpha value is -2.70. The third kappa shape index (κ3) is 3.61. The van der Waals surface area contributed by atoms with Crippen molar-refractivity contribution >= 4 is 17.5 Å². The van der Waals surface area contributed by atoms with Gasteiger partial charge in [-0.2, -0.15) is 0 Å². The summed E-state index contributed by atoms with van der Waals surface area (Å²) < 4.78 is 1.62. The second kappa shape index (κ2) is 7.68. The van der Waals surface area contributed by atoms with E-state index in [4.69, 9.17) is 16.7 Å². The van der Waals surface area contributed by atoms with Crippen LogP contribution in [0.4, 0.5) is 0 Å². The van der Waals surface area contributed by atoms with Crippen LogP contribution in [-0.2, 0) is 0 Å². The molecule has 26 heavy (non-hydrogen) atoms. The van der Waals surface area contributed by atoms with E-state index < -0.39 is 5.91 Å². The monoisotopic (exact) mass is 370 g/mol. The van der Waals surface area contributed by atoms with Gasteiger partial charge in [0.1, 0.15) is 0 Å². The normalized spacial score (nSPS) is 10.8. The van der Waals surface area contributed by atoms with Gasteiger partial charge in [0.25, 0.3) is 5.91 Å². The van der Waals surface area contributed by atoms with Gasteiger partial charge in [-0.05, 0) is 31.5 Å². The fraction of sp³-hybridized carbons (Fsp3) is 0.211. The highest BCUT2D eigenvalue weighted by molar-refractivity contribution is 6.31. The van der Waals surface area contributed by atoms with Crippen LogP contribution in [0.3, 0.4) is 0 Å².